The predicted molar refractivity (Wildman–Crippen MR) is 105 cm³/mol. The van der Waals surface area contributed by atoms with Gasteiger partial charge >= 0.3 is 0 Å². The van der Waals surface area contributed by atoms with E-state index in [1.54, 1.807) is 0 Å². The van der Waals surface area contributed by atoms with E-state index < -0.39 is 0 Å². The Morgan fingerprint density at radius 3 is 2.59 bits per heavy atom. The molecule has 27 heavy (non-hydrogen) atoms. The highest BCUT2D eigenvalue weighted by molar-refractivity contribution is 5.91. The van der Waals surface area contributed by atoms with Crippen LogP contribution < -0.4 is 10.6 Å². The van der Waals surface area contributed by atoms with Gasteiger partial charge in [-0.3, -0.25) is 9.59 Å². The first-order valence-corrected chi connectivity index (χ1v) is 9.39. The minimum absolute atomic E-state index is 0.145. The summed E-state index contributed by atoms with van der Waals surface area (Å²) in [4.78, 5) is 24.0. The second kappa shape index (κ2) is 9.33. The third kappa shape index (κ3) is 6.53. The molecule has 0 bridgehead atoms. The molecule has 1 aliphatic rings. The highest BCUT2D eigenvalue weighted by Gasteiger charge is 2.21. The molecular weight excluding hydrogens is 340 g/mol. The maximum Gasteiger partial charge on any atom is 0.226 e. The molecule has 1 aliphatic carbocycles. The SMILES string of the molecule is CC(=O)NC(CC(=O)Nc1cccc(COCC2CC2)c1)c1ccccc1. The van der Waals surface area contributed by atoms with Crippen molar-refractivity contribution in [2.75, 3.05) is 11.9 Å². The number of ether oxygens (including phenoxy) is 1. The van der Waals surface area contributed by atoms with Crippen molar-refractivity contribution in [1.29, 1.82) is 0 Å². The fourth-order valence-corrected chi connectivity index (χ4v) is 2.95. The molecule has 0 saturated heterocycles. The Kier molecular flexibility index (Phi) is 6.60. The van der Waals surface area contributed by atoms with Crippen molar-refractivity contribution < 1.29 is 14.3 Å². The van der Waals surface area contributed by atoms with Gasteiger partial charge in [0.25, 0.3) is 0 Å². The number of nitrogens with one attached hydrogen (secondary N) is 2. The molecule has 5 nitrogen and oxygen atoms in total. The van der Waals surface area contributed by atoms with Gasteiger partial charge in [-0.25, -0.2) is 0 Å². The van der Waals surface area contributed by atoms with E-state index in [0.717, 1.165) is 29.3 Å². The molecular formula is C22H26N2O3. The molecule has 0 aromatic heterocycles. The van der Waals surface area contributed by atoms with Crippen LogP contribution in [0.5, 0.6) is 0 Å². The van der Waals surface area contributed by atoms with Crippen molar-refractivity contribution in [1.82, 2.24) is 5.32 Å². The first-order valence-electron chi connectivity index (χ1n) is 9.39. The monoisotopic (exact) mass is 366 g/mol. The molecule has 1 saturated carbocycles. The third-order valence-corrected chi connectivity index (χ3v) is 4.50. The standard InChI is InChI=1S/C22H26N2O3/c1-16(25)23-21(19-7-3-2-4-8-19)13-22(26)24-20-9-5-6-18(12-20)15-27-14-17-10-11-17/h2-9,12,17,21H,10-11,13-15H2,1H3,(H,23,25)(H,24,26). The molecule has 0 spiro atoms. The summed E-state index contributed by atoms with van der Waals surface area (Å²) in [7, 11) is 0. The van der Waals surface area contributed by atoms with Crippen molar-refractivity contribution in [3.63, 3.8) is 0 Å². The van der Waals surface area contributed by atoms with Gasteiger partial charge in [0.2, 0.25) is 11.8 Å². The van der Waals surface area contributed by atoms with Crippen LogP contribution in [0.15, 0.2) is 54.6 Å². The molecule has 1 unspecified atom stereocenters. The molecule has 1 fully saturated rings. The van der Waals surface area contributed by atoms with Crippen molar-refractivity contribution >= 4 is 17.5 Å². The maximum atomic E-state index is 12.5. The average Bonchev–Trinajstić information content (AvgIpc) is 3.46. The van der Waals surface area contributed by atoms with Crippen LogP contribution >= 0.6 is 0 Å². The number of benzene rings is 2. The number of hydrogen-bond donors (Lipinski definition) is 2. The van der Waals surface area contributed by atoms with Gasteiger partial charge in [0, 0.05) is 19.2 Å². The van der Waals surface area contributed by atoms with E-state index in [1.165, 1.54) is 19.8 Å². The Bertz CT molecular complexity index is 772. The molecule has 0 heterocycles. The molecule has 2 aromatic carbocycles. The van der Waals surface area contributed by atoms with Crippen molar-refractivity contribution in [2.45, 2.75) is 38.8 Å². The van der Waals surface area contributed by atoms with Gasteiger partial charge in [0.15, 0.2) is 0 Å². The fourth-order valence-electron chi connectivity index (χ4n) is 2.95. The third-order valence-electron chi connectivity index (χ3n) is 4.50. The zero-order chi connectivity index (χ0) is 19.1. The summed E-state index contributed by atoms with van der Waals surface area (Å²) >= 11 is 0. The first kappa shape index (κ1) is 19.1. The van der Waals surface area contributed by atoms with Crippen molar-refractivity contribution in [3.8, 4) is 0 Å². The molecule has 0 radical (unpaired) electrons. The summed E-state index contributed by atoms with van der Waals surface area (Å²) in [6, 6.07) is 16.9. The number of hydrogen-bond acceptors (Lipinski definition) is 3. The van der Waals surface area contributed by atoms with Gasteiger partial charge in [-0.15, -0.1) is 0 Å². The number of rotatable bonds is 9. The lowest BCUT2D eigenvalue weighted by atomic mass is 10.0. The smallest absolute Gasteiger partial charge is 0.226 e. The Morgan fingerprint density at radius 2 is 1.89 bits per heavy atom. The predicted octanol–water partition coefficient (Wildman–Crippen LogP) is 3.82. The van der Waals surface area contributed by atoms with E-state index in [2.05, 4.69) is 10.6 Å². The van der Waals surface area contributed by atoms with Gasteiger partial charge in [0.1, 0.15) is 0 Å². The van der Waals surface area contributed by atoms with Crippen LogP contribution in [0.25, 0.3) is 0 Å². The van der Waals surface area contributed by atoms with Crippen LogP contribution in [-0.4, -0.2) is 18.4 Å². The van der Waals surface area contributed by atoms with Gasteiger partial charge < -0.3 is 15.4 Å². The maximum absolute atomic E-state index is 12.5. The Balaban J connectivity index is 1.57. The Labute approximate surface area is 160 Å². The number of carbonyl (C=O) groups is 2. The highest BCUT2D eigenvalue weighted by atomic mass is 16.5. The van der Waals surface area contributed by atoms with E-state index in [4.69, 9.17) is 4.74 Å². The van der Waals surface area contributed by atoms with Crippen LogP contribution in [0, 0.1) is 5.92 Å². The van der Waals surface area contributed by atoms with E-state index in [-0.39, 0.29) is 24.3 Å². The second-order valence-electron chi connectivity index (χ2n) is 7.07. The van der Waals surface area contributed by atoms with Gasteiger partial charge in [-0.2, -0.15) is 0 Å². The minimum Gasteiger partial charge on any atom is -0.376 e. The highest BCUT2D eigenvalue weighted by Crippen LogP contribution is 2.29. The lowest BCUT2D eigenvalue weighted by molar-refractivity contribution is -0.120. The van der Waals surface area contributed by atoms with Gasteiger partial charge in [-0.1, -0.05) is 42.5 Å². The Hall–Kier alpha value is -2.66. The zero-order valence-electron chi connectivity index (χ0n) is 15.6. The minimum atomic E-state index is -0.353. The topological polar surface area (TPSA) is 67.4 Å². The summed E-state index contributed by atoms with van der Waals surface area (Å²) in [5.74, 6) is 0.427. The largest absolute Gasteiger partial charge is 0.376 e. The van der Waals surface area contributed by atoms with Crippen LogP contribution in [0.3, 0.4) is 0 Å². The lowest BCUT2D eigenvalue weighted by Gasteiger charge is -2.18. The van der Waals surface area contributed by atoms with Crippen molar-refractivity contribution in [3.05, 3.63) is 65.7 Å². The van der Waals surface area contributed by atoms with Crippen LogP contribution in [0.2, 0.25) is 0 Å². The lowest BCUT2D eigenvalue weighted by Crippen LogP contribution is -2.29. The summed E-state index contributed by atoms with van der Waals surface area (Å²) in [6.45, 7) is 2.82. The second-order valence-corrected chi connectivity index (χ2v) is 7.07. The molecule has 5 heteroatoms. The van der Waals surface area contributed by atoms with Crippen molar-refractivity contribution in [2.24, 2.45) is 5.92 Å². The fraction of sp³-hybridized carbons (Fsp3) is 0.364. The molecule has 2 aromatic rings. The normalized spacial score (nSPS) is 14.4. The molecule has 3 rings (SSSR count). The summed E-state index contributed by atoms with van der Waals surface area (Å²) in [5, 5.41) is 5.77. The van der Waals surface area contributed by atoms with Crippen LogP contribution in [-0.2, 0) is 20.9 Å². The molecule has 2 amide bonds. The van der Waals surface area contributed by atoms with Gasteiger partial charge in [0.05, 0.1) is 19.1 Å². The number of amides is 2. The summed E-state index contributed by atoms with van der Waals surface area (Å²) in [5.41, 5.74) is 2.68. The van der Waals surface area contributed by atoms with E-state index >= 15 is 0 Å². The first-order chi connectivity index (χ1) is 13.1. The molecule has 2 N–H and O–H groups in total. The Morgan fingerprint density at radius 1 is 1.11 bits per heavy atom. The molecule has 1 atom stereocenters. The quantitative estimate of drug-likeness (QED) is 0.709. The van der Waals surface area contributed by atoms with Crippen LogP contribution in [0.4, 0.5) is 5.69 Å². The molecule has 0 aliphatic heterocycles. The summed E-state index contributed by atoms with van der Waals surface area (Å²) in [6.07, 6.45) is 2.71. The number of carbonyl (C=O) groups excluding carboxylic acids is 2. The zero-order valence-corrected chi connectivity index (χ0v) is 15.6. The van der Waals surface area contributed by atoms with Gasteiger partial charge in [-0.05, 0) is 42.0 Å². The van der Waals surface area contributed by atoms with E-state index in [9.17, 15) is 9.59 Å². The van der Waals surface area contributed by atoms with Crippen LogP contribution in [0.1, 0.15) is 43.4 Å². The van der Waals surface area contributed by atoms with E-state index in [0.29, 0.717) is 6.61 Å². The summed E-state index contributed by atoms with van der Waals surface area (Å²) < 4.78 is 5.71. The average molecular weight is 366 g/mol. The molecule has 142 valence electrons. The number of anilines is 1. The van der Waals surface area contributed by atoms with E-state index in [1.807, 2.05) is 54.6 Å².